The first-order valence-electron chi connectivity index (χ1n) is 7.99. The molecule has 2 aromatic rings. The Balaban J connectivity index is 1.70. The molecule has 0 atom stereocenters. The van der Waals surface area contributed by atoms with Gasteiger partial charge in [-0.25, -0.2) is 4.99 Å². The summed E-state index contributed by atoms with van der Waals surface area (Å²) in [7, 11) is 0. The number of hydrogen-bond acceptors (Lipinski definition) is 5. The molecule has 0 aromatic heterocycles. The van der Waals surface area contributed by atoms with Crippen molar-refractivity contribution in [1.29, 1.82) is 0 Å². The van der Waals surface area contributed by atoms with Gasteiger partial charge in [0, 0.05) is 5.02 Å². The van der Waals surface area contributed by atoms with E-state index in [0.29, 0.717) is 26.5 Å². The molecule has 138 valence electrons. The second-order valence-corrected chi connectivity index (χ2v) is 6.99. The van der Waals surface area contributed by atoms with E-state index < -0.39 is 5.97 Å². The molecule has 0 spiro atoms. The Bertz CT molecular complexity index is 926. The van der Waals surface area contributed by atoms with Crippen LogP contribution in [0.15, 0.2) is 58.4 Å². The molecule has 2 N–H and O–H groups in total. The number of ether oxygens (including phenoxy) is 1. The maximum absolute atomic E-state index is 12.2. The van der Waals surface area contributed by atoms with E-state index in [1.807, 2.05) is 6.07 Å². The summed E-state index contributed by atoms with van der Waals surface area (Å²) < 4.78 is 5.41. The Labute approximate surface area is 164 Å². The van der Waals surface area contributed by atoms with Gasteiger partial charge >= 0.3 is 5.97 Å². The van der Waals surface area contributed by atoms with Crippen molar-refractivity contribution in [3.05, 3.63) is 64.0 Å². The number of rotatable bonds is 6. The van der Waals surface area contributed by atoms with Crippen molar-refractivity contribution in [2.45, 2.75) is 6.42 Å². The number of carboxylic acid groups (broad SMARTS) is 1. The number of carbonyl (C=O) groups is 2. The van der Waals surface area contributed by atoms with Crippen LogP contribution in [0.2, 0.25) is 5.02 Å². The predicted octanol–water partition coefficient (Wildman–Crippen LogP) is 4.09. The number of nitrogens with one attached hydrogen (secondary N) is 1. The highest BCUT2D eigenvalue weighted by atomic mass is 35.5. The number of carbonyl (C=O) groups excluding carboxylic acids is 1. The largest absolute Gasteiger partial charge is 0.493 e. The maximum Gasteiger partial charge on any atom is 0.306 e. The van der Waals surface area contributed by atoms with Crippen molar-refractivity contribution in [2.24, 2.45) is 4.99 Å². The van der Waals surface area contributed by atoms with Gasteiger partial charge in [0.15, 0.2) is 5.17 Å². The predicted molar refractivity (Wildman–Crippen MR) is 106 cm³/mol. The zero-order valence-electron chi connectivity index (χ0n) is 14.0. The number of halogens is 1. The van der Waals surface area contributed by atoms with Crippen LogP contribution in [0, 0.1) is 0 Å². The van der Waals surface area contributed by atoms with Crippen molar-refractivity contribution in [3.8, 4) is 5.75 Å². The van der Waals surface area contributed by atoms with Crippen molar-refractivity contribution in [2.75, 3.05) is 6.61 Å². The lowest BCUT2D eigenvalue weighted by Gasteiger charge is -2.05. The minimum absolute atomic E-state index is 0.0753. The molecule has 6 nitrogen and oxygen atoms in total. The SMILES string of the molecule is O=C(O)CCOc1cccc(/C=C2/SC(=Nc3ccc(Cl)cc3)NC2=O)c1. The highest BCUT2D eigenvalue weighted by Gasteiger charge is 2.23. The van der Waals surface area contributed by atoms with Crippen LogP contribution >= 0.6 is 23.4 Å². The van der Waals surface area contributed by atoms with Crippen LogP contribution in [-0.4, -0.2) is 28.8 Å². The van der Waals surface area contributed by atoms with E-state index in [0.717, 1.165) is 5.56 Å². The Hall–Kier alpha value is -2.77. The van der Waals surface area contributed by atoms with Gasteiger partial charge in [-0.05, 0) is 59.8 Å². The van der Waals surface area contributed by atoms with Crippen molar-refractivity contribution >= 4 is 52.2 Å². The molecule has 0 aliphatic carbocycles. The molecule has 3 rings (SSSR count). The minimum atomic E-state index is -0.917. The lowest BCUT2D eigenvalue weighted by Crippen LogP contribution is -2.19. The first kappa shape index (κ1) is 19.0. The van der Waals surface area contributed by atoms with E-state index in [1.165, 1.54) is 11.8 Å². The van der Waals surface area contributed by atoms with Crippen LogP contribution in [0.1, 0.15) is 12.0 Å². The maximum atomic E-state index is 12.2. The molecule has 1 aliphatic heterocycles. The number of amidine groups is 1. The van der Waals surface area contributed by atoms with Crippen LogP contribution in [0.3, 0.4) is 0 Å². The number of hydrogen-bond donors (Lipinski definition) is 2. The van der Waals surface area contributed by atoms with Gasteiger partial charge < -0.3 is 15.2 Å². The van der Waals surface area contributed by atoms with E-state index in [1.54, 1.807) is 48.5 Å². The first-order chi connectivity index (χ1) is 13.0. The second kappa shape index (κ2) is 8.75. The average molecular weight is 403 g/mol. The molecule has 0 saturated carbocycles. The van der Waals surface area contributed by atoms with Gasteiger partial charge in [0.2, 0.25) is 0 Å². The van der Waals surface area contributed by atoms with Gasteiger partial charge in [0.25, 0.3) is 5.91 Å². The topological polar surface area (TPSA) is 88.0 Å². The summed E-state index contributed by atoms with van der Waals surface area (Å²) in [5.41, 5.74) is 1.46. The quantitative estimate of drug-likeness (QED) is 0.710. The molecule has 1 amide bonds. The van der Waals surface area contributed by atoms with Crippen LogP contribution < -0.4 is 10.1 Å². The zero-order chi connectivity index (χ0) is 19.2. The van der Waals surface area contributed by atoms with Crippen molar-refractivity contribution in [1.82, 2.24) is 5.32 Å². The smallest absolute Gasteiger partial charge is 0.306 e. The summed E-state index contributed by atoms with van der Waals surface area (Å²) in [6.45, 7) is 0.0858. The van der Waals surface area contributed by atoms with E-state index in [4.69, 9.17) is 21.4 Å². The molecule has 27 heavy (non-hydrogen) atoms. The third kappa shape index (κ3) is 5.60. The van der Waals surface area contributed by atoms with E-state index >= 15 is 0 Å². The third-order valence-corrected chi connectivity index (χ3v) is 4.61. The van der Waals surface area contributed by atoms with E-state index in [-0.39, 0.29) is 18.9 Å². The molecule has 1 saturated heterocycles. The molecule has 0 radical (unpaired) electrons. The summed E-state index contributed by atoms with van der Waals surface area (Å²) >= 11 is 7.09. The highest BCUT2D eigenvalue weighted by molar-refractivity contribution is 8.18. The van der Waals surface area contributed by atoms with Crippen LogP contribution in [0.5, 0.6) is 5.75 Å². The number of aliphatic carboxylic acids is 1. The Morgan fingerprint density at radius 2 is 2.04 bits per heavy atom. The fourth-order valence-electron chi connectivity index (χ4n) is 2.22. The third-order valence-electron chi connectivity index (χ3n) is 3.45. The monoisotopic (exact) mass is 402 g/mol. The molecule has 0 bridgehead atoms. The molecule has 8 heteroatoms. The molecular weight excluding hydrogens is 388 g/mol. The standard InChI is InChI=1S/C19H15ClN2O4S/c20-13-4-6-14(7-5-13)21-19-22-18(25)16(27-19)11-12-2-1-3-15(10-12)26-9-8-17(23)24/h1-7,10-11H,8-9H2,(H,23,24)(H,21,22,25)/b16-11+. The van der Waals surface area contributed by atoms with Gasteiger partial charge in [-0.2, -0.15) is 0 Å². The fourth-order valence-corrected chi connectivity index (χ4v) is 3.18. The highest BCUT2D eigenvalue weighted by Crippen LogP contribution is 2.29. The van der Waals surface area contributed by atoms with Gasteiger partial charge in [-0.15, -0.1) is 0 Å². The van der Waals surface area contributed by atoms with Gasteiger partial charge in [-0.1, -0.05) is 23.7 Å². The van der Waals surface area contributed by atoms with Gasteiger partial charge in [-0.3, -0.25) is 9.59 Å². The number of nitrogens with zero attached hydrogens (tertiary/aromatic N) is 1. The Morgan fingerprint density at radius 1 is 1.26 bits per heavy atom. The summed E-state index contributed by atoms with van der Waals surface area (Å²) in [5.74, 6) is -0.603. The molecule has 1 aliphatic rings. The zero-order valence-corrected chi connectivity index (χ0v) is 15.6. The van der Waals surface area contributed by atoms with Crippen LogP contribution in [-0.2, 0) is 9.59 Å². The molecule has 1 heterocycles. The van der Waals surface area contributed by atoms with Gasteiger partial charge in [0.1, 0.15) is 5.75 Å². The summed E-state index contributed by atoms with van der Waals surface area (Å²) in [4.78, 5) is 27.6. The molecule has 1 fully saturated rings. The Kier molecular flexibility index (Phi) is 6.16. The van der Waals surface area contributed by atoms with Crippen LogP contribution in [0.25, 0.3) is 6.08 Å². The number of benzene rings is 2. The number of carboxylic acids is 1. The van der Waals surface area contributed by atoms with Crippen molar-refractivity contribution < 1.29 is 19.4 Å². The summed E-state index contributed by atoms with van der Waals surface area (Å²) in [6.07, 6.45) is 1.66. The number of thioether (sulfide) groups is 1. The normalized spacial score (nSPS) is 16.6. The van der Waals surface area contributed by atoms with E-state index in [9.17, 15) is 9.59 Å². The number of amides is 1. The minimum Gasteiger partial charge on any atom is -0.493 e. The first-order valence-corrected chi connectivity index (χ1v) is 9.19. The summed E-state index contributed by atoms with van der Waals surface area (Å²) in [5, 5.41) is 12.5. The lowest BCUT2D eigenvalue weighted by molar-refractivity contribution is -0.137. The van der Waals surface area contributed by atoms with Crippen LogP contribution in [0.4, 0.5) is 5.69 Å². The molecular formula is C19H15ClN2O4S. The number of aliphatic imine (C=N–C) groups is 1. The molecule has 0 unspecified atom stereocenters. The second-order valence-electron chi connectivity index (χ2n) is 5.52. The Morgan fingerprint density at radius 3 is 2.78 bits per heavy atom. The summed E-state index contributed by atoms with van der Waals surface area (Å²) in [6, 6.07) is 14.1. The van der Waals surface area contributed by atoms with Gasteiger partial charge in [0.05, 0.1) is 23.6 Å². The fraction of sp³-hybridized carbons (Fsp3) is 0.105. The van der Waals surface area contributed by atoms with Crippen molar-refractivity contribution in [3.63, 3.8) is 0 Å². The average Bonchev–Trinajstić information content (AvgIpc) is 2.96. The van der Waals surface area contributed by atoms with E-state index in [2.05, 4.69) is 10.3 Å². The molecule has 2 aromatic carbocycles. The lowest BCUT2D eigenvalue weighted by atomic mass is 10.2.